The van der Waals surface area contributed by atoms with Crippen LogP contribution < -0.4 is 0 Å². The average molecular weight is 666 g/mol. The summed E-state index contributed by atoms with van der Waals surface area (Å²) in [6, 6.07) is 21.0. The van der Waals surface area contributed by atoms with Crippen LogP contribution in [0.1, 0.15) is 76.8 Å². The molecule has 5 fully saturated rings. The van der Waals surface area contributed by atoms with E-state index < -0.39 is 21.8 Å². The zero-order chi connectivity index (χ0) is 33.8. The molecule has 0 radical (unpaired) electrons. The van der Waals surface area contributed by atoms with E-state index in [-0.39, 0.29) is 34.5 Å². The number of rotatable bonds is 4. The third-order valence-corrected chi connectivity index (χ3v) is 13.0. The smallest absolute Gasteiger partial charge is 0.261 e. The Morgan fingerprint density at radius 1 is 0.936 bits per heavy atom. The van der Waals surface area contributed by atoms with Gasteiger partial charge in [0.25, 0.3) is 10.1 Å². The van der Waals surface area contributed by atoms with E-state index in [1.807, 2.05) is 12.1 Å². The molecule has 0 spiro atoms. The van der Waals surface area contributed by atoms with Crippen LogP contribution in [0, 0.1) is 40.4 Å². The van der Waals surface area contributed by atoms with Gasteiger partial charge < -0.3 is 9.84 Å². The maximum absolute atomic E-state index is 14.2. The Morgan fingerprint density at radius 2 is 1.53 bits per heavy atom. The van der Waals surface area contributed by atoms with Crippen molar-refractivity contribution in [1.29, 1.82) is 0 Å². The largest absolute Gasteiger partial charge is 0.391 e. The lowest BCUT2D eigenvalue weighted by atomic mass is 9.43. The molecular formula is C38H51NO7S. The molecule has 9 heteroatoms. The maximum Gasteiger partial charge on any atom is 0.261 e. The number of ether oxygens (including phenoxy) is 1. The second-order valence-corrected chi connectivity index (χ2v) is 17.1. The van der Waals surface area contributed by atoms with E-state index in [9.17, 15) is 23.1 Å². The molecule has 47 heavy (non-hydrogen) atoms. The van der Waals surface area contributed by atoms with Crippen molar-refractivity contribution in [2.45, 2.75) is 83.5 Å². The number of fused-ring (bicyclic) bond motifs is 5. The maximum atomic E-state index is 14.2. The monoisotopic (exact) mass is 665 g/mol. The number of carbonyl (C=O) groups is 2. The Labute approximate surface area is 280 Å². The lowest BCUT2D eigenvalue weighted by molar-refractivity contribution is -0.177. The van der Waals surface area contributed by atoms with Gasteiger partial charge in [0.2, 0.25) is 0 Å². The van der Waals surface area contributed by atoms with Crippen molar-refractivity contribution < 1.29 is 32.4 Å². The van der Waals surface area contributed by atoms with E-state index in [0.717, 1.165) is 56.2 Å². The van der Waals surface area contributed by atoms with Crippen LogP contribution in [0.3, 0.4) is 0 Å². The minimum Gasteiger partial charge on any atom is -0.391 e. The third-order valence-electron chi connectivity index (χ3n) is 13.0. The highest BCUT2D eigenvalue weighted by Crippen LogP contribution is 2.66. The van der Waals surface area contributed by atoms with Crippen molar-refractivity contribution >= 4 is 21.7 Å². The Hall–Kier alpha value is -2.43. The quantitative estimate of drug-likeness (QED) is 0.409. The van der Waals surface area contributed by atoms with Crippen LogP contribution >= 0.6 is 0 Å². The Kier molecular flexibility index (Phi) is 9.37. The molecule has 0 aromatic heterocycles. The lowest BCUT2D eigenvalue weighted by Gasteiger charge is -2.62. The lowest BCUT2D eigenvalue weighted by Crippen LogP contribution is -2.64. The summed E-state index contributed by atoms with van der Waals surface area (Å²) in [5.41, 5.74) is 1.34. The molecule has 2 N–H and O–H groups in total. The number of hydrogen-bond donors (Lipinski definition) is 2. The van der Waals surface area contributed by atoms with Gasteiger partial charge in [-0.2, -0.15) is 8.42 Å². The van der Waals surface area contributed by atoms with Gasteiger partial charge in [0.1, 0.15) is 17.2 Å². The molecule has 0 unspecified atom stereocenters. The summed E-state index contributed by atoms with van der Waals surface area (Å²) in [6.45, 7) is 8.39. The highest BCUT2D eigenvalue weighted by molar-refractivity contribution is 7.85. The molecule has 7 rings (SSSR count). The molecule has 5 aliphatic rings. The van der Waals surface area contributed by atoms with Gasteiger partial charge in [-0.1, -0.05) is 74.5 Å². The number of ketones is 2. The molecule has 1 aliphatic heterocycles. The van der Waals surface area contributed by atoms with Crippen LogP contribution in [0.15, 0.2) is 60.7 Å². The second kappa shape index (κ2) is 12.8. The zero-order valence-corrected chi connectivity index (χ0v) is 29.0. The highest BCUT2D eigenvalue weighted by atomic mass is 32.2. The second-order valence-electron chi connectivity index (χ2n) is 15.6. The fourth-order valence-electron chi connectivity index (χ4n) is 11.1. The summed E-state index contributed by atoms with van der Waals surface area (Å²) in [5, 5.41) is 11.7. The van der Waals surface area contributed by atoms with Crippen LogP contribution in [0.25, 0.3) is 0 Å². The van der Waals surface area contributed by atoms with Gasteiger partial charge in [-0.15, -0.1) is 0 Å². The van der Waals surface area contributed by atoms with E-state index >= 15 is 0 Å². The zero-order valence-electron chi connectivity index (χ0n) is 28.2. The van der Waals surface area contributed by atoms with Gasteiger partial charge in [0.05, 0.1) is 19.0 Å². The summed E-state index contributed by atoms with van der Waals surface area (Å²) in [6.07, 6.45) is 6.58. The van der Waals surface area contributed by atoms with Gasteiger partial charge in [0.15, 0.2) is 0 Å². The number of benzene rings is 2. The van der Waals surface area contributed by atoms with Crippen molar-refractivity contribution in [3.8, 4) is 0 Å². The molecule has 8 nitrogen and oxygen atoms in total. The van der Waals surface area contributed by atoms with Crippen LogP contribution in [0.5, 0.6) is 0 Å². The topological polar surface area (TPSA) is 121 Å². The fourth-order valence-corrected chi connectivity index (χ4v) is 11.1. The summed E-state index contributed by atoms with van der Waals surface area (Å²) < 4.78 is 32.6. The molecule has 2 aromatic carbocycles. The number of morpholine rings is 1. The standard InChI is InChI=1S/C37H47NO4.CH4O3S/c1-24(39)29-16-17-30-28-15-14-27-20-32(40)31(21-35(27,2)34(28)33(41)22-36(29,30)3)38-18-19-42-37(23-38,25-10-6-4-7-11-25)26-12-8-5-9-13-26;1-5(2,3)4/h4-13,27-32,34,40H,14-23H2,1-3H3;1H3,(H,2,3,4)/t27-,28-,29+,30-,31-,32-,34+,35-,36+;/m0./s1. The van der Waals surface area contributed by atoms with E-state index in [1.165, 1.54) is 0 Å². The molecule has 256 valence electrons. The summed E-state index contributed by atoms with van der Waals surface area (Å²) in [4.78, 5) is 29.3. The van der Waals surface area contributed by atoms with E-state index in [0.29, 0.717) is 49.4 Å². The SMILES string of the molecule is CC(=O)[C@H]1CC[C@H]2[C@@H]3CC[C@H]4C[C@H](O)[C@@H](N5CCOC(c6ccccc6)(c6ccccc6)C5)C[C@]4(C)[C@H]3C(=O)C[C@]12C.CS(=O)(=O)O. The molecule has 9 atom stereocenters. The number of aliphatic hydroxyl groups excluding tert-OH is 1. The highest BCUT2D eigenvalue weighted by Gasteiger charge is 2.65. The van der Waals surface area contributed by atoms with Gasteiger partial charge in [-0.25, -0.2) is 0 Å². The predicted molar refractivity (Wildman–Crippen MR) is 180 cm³/mol. The molecule has 0 bridgehead atoms. The first-order valence-corrected chi connectivity index (χ1v) is 19.1. The normalized spacial score (nSPS) is 38.3. The van der Waals surface area contributed by atoms with Crippen molar-refractivity contribution in [3.63, 3.8) is 0 Å². The van der Waals surface area contributed by atoms with Crippen LogP contribution in [-0.4, -0.2) is 72.6 Å². The Balaban J connectivity index is 0.000000720. The third kappa shape index (κ3) is 6.27. The Bertz CT molecular complexity index is 1520. The first-order chi connectivity index (χ1) is 22.2. The predicted octanol–water partition coefficient (Wildman–Crippen LogP) is 5.53. The molecule has 4 aliphatic carbocycles. The molecule has 4 saturated carbocycles. The van der Waals surface area contributed by atoms with E-state index in [4.69, 9.17) is 9.29 Å². The Morgan fingerprint density at radius 3 is 2.11 bits per heavy atom. The first-order valence-electron chi connectivity index (χ1n) is 17.3. The molecule has 1 heterocycles. The van der Waals surface area contributed by atoms with Crippen LogP contribution in [0.4, 0.5) is 0 Å². The molecule has 0 amide bonds. The number of Topliss-reactive ketones (excluding diaryl/α,β-unsaturated/α-hetero) is 2. The minimum atomic E-state index is -3.67. The van der Waals surface area contributed by atoms with Crippen molar-refractivity contribution in [2.24, 2.45) is 40.4 Å². The van der Waals surface area contributed by atoms with E-state index in [1.54, 1.807) is 6.92 Å². The fraction of sp³-hybridized carbons (Fsp3) is 0.632. The van der Waals surface area contributed by atoms with Gasteiger partial charge in [-0.3, -0.25) is 19.0 Å². The molecule has 2 aromatic rings. The van der Waals surface area contributed by atoms with Crippen molar-refractivity contribution in [3.05, 3.63) is 71.8 Å². The van der Waals surface area contributed by atoms with E-state index in [2.05, 4.69) is 67.3 Å². The summed E-state index contributed by atoms with van der Waals surface area (Å²) >= 11 is 0. The van der Waals surface area contributed by atoms with Gasteiger partial charge >= 0.3 is 0 Å². The van der Waals surface area contributed by atoms with Gasteiger partial charge in [0, 0.05) is 37.4 Å². The number of aliphatic hydroxyl groups is 1. The van der Waals surface area contributed by atoms with Gasteiger partial charge in [-0.05, 0) is 85.2 Å². The van der Waals surface area contributed by atoms with Crippen molar-refractivity contribution in [1.82, 2.24) is 4.90 Å². The first kappa shape index (κ1) is 34.4. The molecule has 1 saturated heterocycles. The van der Waals surface area contributed by atoms with Crippen LogP contribution in [0.2, 0.25) is 0 Å². The average Bonchev–Trinajstić information content (AvgIpc) is 3.38. The number of nitrogens with zero attached hydrogens (tertiary/aromatic N) is 1. The number of hydrogen-bond acceptors (Lipinski definition) is 7. The van der Waals surface area contributed by atoms with Crippen LogP contribution in [-0.2, 0) is 30.0 Å². The minimum absolute atomic E-state index is 0.0182. The molecular weight excluding hydrogens is 614 g/mol. The van der Waals surface area contributed by atoms with Crippen molar-refractivity contribution in [2.75, 3.05) is 26.0 Å². The summed E-state index contributed by atoms with van der Waals surface area (Å²) in [7, 11) is -3.67. The number of carbonyl (C=O) groups excluding carboxylic acids is 2. The summed E-state index contributed by atoms with van der Waals surface area (Å²) in [5.74, 6) is 1.87.